The summed E-state index contributed by atoms with van der Waals surface area (Å²) in [6.07, 6.45) is 17.6. The van der Waals surface area contributed by atoms with Gasteiger partial charge in [0.2, 0.25) is 0 Å². The summed E-state index contributed by atoms with van der Waals surface area (Å²) in [4.78, 5) is 12.9. The highest BCUT2D eigenvalue weighted by Crippen LogP contribution is 2.71. The first-order chi connectivity index (χ1) is 60.6. The zero-order valence-electron chi connectivity index (χ0n) is 76.0. The van der Waals surface area contributed by atoms with Gasteiger partial charge >= 0.3 is 46.9 Å². The maximum absolute atomic E-state index is 12.9. The molecule has 24 rings (SSSR count). The van der Waals surface area contributed by atoms with Gasteiger partial charge in [-0.2, -0.15) is 0 Å². The Balaban J connectivity index is 0.000000132. The van der Waals surface area contributed by atoms with E-state index in [1.165, 1.54) is 76.2 Å². The zero-order chi connectivity index (χ0) is 90.8. The van der Waals surface area contributed by atoms with E-state index in [0.29, 0.717) is 64.2 Å². The topological polar surface area (TPSA) is 304 Å². The van der Waals surface area contributed by atoms with Crippen molar-refractivity contribution in [2.45, 2.75) is 266 Å². The predicted octanol–water partition coefficient (Wildman–Crippen LogP) is 25.1. The third-order valence-electron chi connectivity index (χ3n) is 27.2. The number of unbranched alkanes of at least 4 members (excludes halogenated alkanes) is 10. The molecule has 127 heavy (non-hydrogen) atoms. The number of phosphoric ester groups is 6. The van der Waals surface area contributed by atoms with Crippen molar-refractivity contribution in [2.24, 2.45) is 33.0 Å². The van der Waals surface area contributed by atoms with Gasteiger partial charge in [0.1, 0.15) is 35.1 Å². The average molecular weight is 1880 g/mol. The summed E-state index contributed by atoms with van der Waals surface area (Å²) in [7, 11) is -19.9. The van der Waals surface area contributed by atoms with Gasteiger partial charge in [-0.25, -0.2) is 27.4 Å². The van der Waals surface area contributed by atoms with E-state index in [1.807, 2.05) is 178 Å². The number of ketones is 1. The Labute approximate surface area is 751 Å². The van der Waals surface area contributed by atoms with Crippen LogP contribution in [-0.2, 0) is 119 Å². The fraction of sp³-hybridized carbons (Fsp3) is 0.606. The van der Waals surface area contributed by atoms with Crippen LogP contribution >= 0.6 is 46.9 Å². The van der Waals surface area contributed by atoms with E-state index in [2.05, 4.69) is 77.1 Å². The maximum Gasteiger partial charge on any atom is 0.476 e. The highest BCUT2D eigenvalue weighted by Gasteiger charge is 2.68. The normalized spacial score (nSPS) is 36.7. The first-order valence-corrected chi connectivity index (χ1v) is 54.2. The molecule has 0 radical (unpaired) electrons. The lowest BCUT2D eigenvalue weighted by molar-refractivity contribution is -0.235. The largest absolute Gasteiger partial charge is 0.479 e. The molecule has 0 aromatic heterocycles. The van der Waals surface area contributed by atoms with Crippen LogP contribution in [0, 0.1) is 39.9 Å². The molecule has 18 fully saturated rings. The van der Waals surface area contributed by atoms with Gasteiger partial charge in [0, 0.05) is 16.4 Å². The number of carbonyl (C=O) groups excluding carboxylic acids is 1. The summed E-state index contributed by atoms with van der Waals surface area (Å²) in [6, 6.07) is 55.7. The number of hydrogen-bond donors (Lipinski definition) is 0. The molecule has 0 aliphatic carbocycles. The highest BCUT2D eigenvalue weighted by atomic mass is 31.2. The lowest BCUT2D eigenvalue weighted by atomic mass is 9.70. The number of carbonyl (C=O) groups is 1. The Morgan fingerprint density at radius 1 is 0.409 bits per heavy atom. The van der Waals surface area contributed by atoms with Gasteiger partial charge in [-0.15, -0.1) is 0 Å². The second kappa shape index (κ2) is 42.1. The Morgan fingerprint density at radius 2 is 0.827 bits per heavy atom. The molecule has 0 amide bonds. The van der Waals surface area contributed by atoms with Crippen molar-refractivity contribution in [3.05, 3.63) is 198 Å². The van der Waals surface area contributed by atoms with Crippen LogP contribution in [0.1, 0.15) is 225 Å². The van der Waals surface area contributed by atoms with Crippen molar-refractivity contribution in [1.82, 2.24) is 0 Å². The Kier molecular flexibility index (Phi) is 33.1. The molecule has 18 saturated heterocycles. The smallest absolute Gasteiger partial charge is 0.476 e. The van der Waals surface area contributed by atoms with Gasteiger partial charge < -0.3 is 9.47 Å². The number of rotatable bonds is 28. The quantitative estimate of drug-likeness (QED) is 0.0191. The van der Waals surface area contributed by atoms with E-state index in [4.69, 9.17) is 90.9 Å². The number of hydrogen-bond acceptors (Lipinski definition) is 27. The van der Waals surface area contributed by atoms with Gasteiger partial charge in [-0.3, -0.25) is 86.2 Å². The van der Waals surface area contributed by atoms with Crippen molar-refractivity contribution in [2.75, 3.05) is 66.1 Å². The number of phosphoric acid groups is 6. The summed E-state index contributed by atoms with van der Waals surface area (Å²) >= 11 is 0. The maximum atomic E-state index is 12.9. The number of benzene rings is 6. The second-order valence-electron chi connectivity index (χ2n) is 36.1. The Bertz CT molecular complexity index is 4650. The minimum Gasteiger partial charge on any atom is -0.479 e. The van der Waals surface area contributed by atoms with Crippen LogP contribution in [0.15, 0.2) is 170 Å². The number of ether oxygens (including phenoxy) is 2. The third-order valence-corrected chi connectivity index (χ3v) is 36.2. The second-order valence-corrected chi connectivity index (χ2v) is 45.7. The summed E-state index contributed by atoms with van der Waals surface area (Å²) in [5.41, 5.74) is 3.61. The molecule has 700 valence electrons. The molecule has 18 aliphatic rings. The van der Waals surface area contributed by atoms with E-state index >= 15 is 0 Å². The molecule has 0 saturated carbocycles. The molecule has 6 aromatic carbocycles. The van der Waals surface area contributed by atoms with E-state index in [1.54, 1.807) is 12.1 Å². The average Bonchev–Trinajstić information content (AvgIpc) is 0.730. The van der Waals surface area contributed by atoms with Crippen LogP contribution in [-0.4, -0.2) is 132 Å². The van der Waals surface area contributed by atoms with Crippen LogP contribution in [0.3, 0.4) is 0 Å². The fourth-order valence-electron chi connectivity index (χ4n) is 19.2. The molecule has 0 N–H and O–H groups in total. The van der Waals surface area contributed by atoms with Crippen LogP contribution < -0.4 is 4.74 Å². The van der Waals surface area contributed by atoms with E-state index in [9.17, 15) is 32.2 Å². The van der Waals surface area contributed by atoms with E-state index in [-0.39, 0.29) is 96.8 Å². The molecule has 33 heteroatoms. The minimum atomic E-state index is -3.44. The predicted molar refractivity (Wildman–Crippen MR) is 482 cm³/mol. The van der Waals surface area contributed by atoms with Gasteiger partial charge in [-0.05, 0) is 127 Å². The molecule has 0 spiro atoms. The van der Waals surface area contributed by atoms with Crippen LogP contribution in [0.25, 0.3) is 11.1 Å². The molecule has 18 aliphatic heterocycles. The van der Waals surface area contributed by atoms with Crippen molar-refractivity contribution < 1.29 is 123 Å². The summed E-state index contributed by atoms with van der Waals surface area (Å²) in [5.74, 6) is 0.958. The number of Topliss-reactive ketones (excluding diaryl/α,β-unsaturated/α-hetero) is 1. The molecule has 9 unspecified atom stereocenters. The van der Waals surface area contributed by atoms with Crippen LogP contribution in [0.2, 0.25) is 0 Å². The van der Waals surface area contributed by atoms with Crippen molar-refractivity contribution in [1.29, 1.82) is 0 Å². The Morgan fingerprint density at radius 3 is 1.28 bits per heavy atom. The third kappa shape index (κ3) is 22.0. The monoisotopic (exact) mass is 1880 g/mol. The molecule has 27 nitrogen and oxygen atoms in total. The number of fused-ring (bicyclic) bond motifs is 18. The standard InChI is InChI=1S/C24H23O5P.C18H17O5P.C15H29O4P.C14H19O5P.C14H27O4P.C9H17O4P/c25-30-27-17-23(18-28-30,19-29-30)16-26-24(20-10-4-1-5-11-20,21-12-6-2-7-13-21)22-14-8-3-9-15-22;1-13-3-2-4-16(9-13)14-5-7-15(8-6-14)17(19)18-10-21-24(20,22-11-18)23-12-18;1-5-6-7-8-9-10-11-15-12(2)17-20(16,18-13(15)3)19-14(15)4;1-4-13-14(16-12-8-6-5-7-9-12)10(2)17-20(15,19-13)18-11(14)3;1-4-5-6-7-8-9-10-14-11-16-19(15,17-12(14)2)18-13(14)3;1-4-9-5-11-14(10,12-6-9)13-8(9)7(2)3/h1-15H,16-19H2;2-9H,10-12H2,1H3;12-14H,5-11H2,1-4H3;5-11,13H,4H2,1-3H3;12-13H,4-11H2,1-3H3;7-8H,4-6H2,1-3H3. The summed E-state index contributed by atoms with van der Waals surface area (Å²) in [6.45, 7) is 31.5. The first kappa shape index (κ1) is 99.9. The highest BCUT2D eigenvalue weighted by molar-refractivity contribution is 7.50. The first-order valence-electron chi connectivity index (χ1n) is 45.5. The SMILES string of the molecule is CCC12COP(=O)(OC1)OC2C(C)C.CCC1OP2(=O)OC(C)C1(Oc1ccccc1)C(C)O2.CCCCCCCCC12C(C)OP(=O)(OC1C)OC2C.CCCCCCCCC12COP(=O)(OC1C)OC2C.Cc1cccc(-c2ccc(C(=O)C34COP(=O)(OC3)OC4)cc2)c1.O=P12OCC(COC(c3ccccc3)(c3ccccc3)c3ccccc3)(CO1)CO2. The lowest BCUT2D eigenvalue weighted by Crippen LogP contribution is -2.69. The molecular formula is C94H132O27P6. The summed E-state index contributed by atoms with van der Waals surface area (Å²) in [5, 5.41) is 0. The molecule has 18 heterocycles. The van der Waals surface area contributed by atoms with Crippen molar-refractivity contribution >= 4 is 52.7 Å². The minimum absolute atomic E-state index is 0.000772. The van der Waals surface area contributed by atoms with Gasteiger partial charge in [0.15, 0.2) is 11.4 Å². The summed E-state index contributed by atoms with van der Waals surface area (Å²) < 4.78 is 182. The molecule has 12 bridgehead atoms. The van der Waals surface area contributed by atoms with Crippen LogP contribution in [0.5, 0.6) is 5.75 Å². The van der Waals surface area contributed by atoms with Crippen molar-refractivity contribution in [3.63, 3.8) is 0 Å². The van der Waals surface area contributed by atoms with E-state index in [0.717, 1.165) is 59.3 Å². The number of aryl methyl sites for hydroxylation is 1. The van der Waals surface area contributed by atoms with Gasteiger partial charge in [0.25, 0.3) is 0 Å². The Hall–Kier alpha value is -4.59. The van der Waals surface area contributed by atoms with Gasteiger partial charge in [0.05, 0.1) is 114 Å². The number of para-hydroxylation sites is 1. The van der Waals surface area contributed by atoms with Crippen molar-refractivity contribution in [3.8, 4) is 16.9 Å². The zero-order valence-corrected chi connectivity index (χ0v) is 81.4. The molecule has 9 atom stereocenters. The fourth-order valence-corrected chi connectivity index (χ4v) is 29.5. The van der Waals surface area contributed by atoms with E-state index < -0.39 is 69.0 Å². The van der Waals surface area contributed by atoms with Gasteiger partial charge in [-0.1, -0.05) is 282 Å². The molecule has 6 aromatic rings. The molecular weight excluding hydrogens is 1750 g/mol. The lowest BCUT2D eigenvalue weighted by Gasteiger charge is -2.56. The van der Waals surface area contributed by atoms with Crippen LogP contribution in [0.4, 0.5) is 0 Å².